The van der Waals surface area contributed by atoms with E-state index in [9.17, 15) is 4.79 Å². The van der Waals surface area contributed by atoms with Crippen LogP contribution in [-0.4, -0.2) is 18.3 Å². The summed E-state index contributed by atoms with van der Waals surface area (Å²) in [5, 5.41) is 0. The fourth-order valence-electron chi connectivity index (χ4n) is 1.29. The average molecular weight is 236 g/mol. The lowest BCUT2D eigenvalue weighted by atomic mass is 10.1. The van der Waals surface area contributed by atoms with Crippen molar-refractivity contribution in [3.8, 4) is 0 Å². The Morgan fingerprint density at radius 2 is 2.25 bits per heavy atom. The van der Waals surface area contributed by atoms with Gasteiger partial charge in [0.1, 0.15) is 6.61 Å². The van der Waals surface area contributed by atoms with E-state index in [1.165, 1.54) is 18.1 Å². The minimum Gasteiger partial charge on any atom is -0.465 e. The normalized spacial score (nSPS) is 9.81. The van der Waals surface area contributed by atoms with E-state index >= 15 is 0 Å². The molecule has 16 heavy (non-hydrogen) atoms. The summed E-state index contributed by atoms with van der Waals surface area (Å²) in [7, 11) is 0. The van der Waals surface area contributed by atoms with E-state index in [1.807, 2.05) is 18.2 Å². The minimum atomic E-state index is -0.216. The van der Waals surface area contributed by atoms with Gasteiger partial charge in [0.25, 0.3) is 0 Å². The van der Waals surface area contributed by atoms with Crippen LogP contribution >= 0.6 is 11.8 Å². The van der Waals surface area contributed by atoms with Gasteiger partial charge in [-0.1, -0.05) is 36.9 Å². The largest absolute Gasteiger partial charge is 0.465 e. The molecule has 0 aromatic heterocycles. The molecular weight excluding hydrogens is 220 g/mol. The Bertz CT molecular complexity index is 361. The van der Waals surface area contributed by atoms with Crippen molar-refractivity contribution in [3.63, 3.8) is 0 Å². The summed E-state index contributed by atoms with van der Waals surface area (Å²) in [6.45, 7) is 5.69. The first-order valence-corrected chi connectivity index (χ1v) is 6.31. The molecule has 0 heterocycles. The zero-order valence-corrected chi connectivity index (χ0v) is 10.3. The summed E-state index contributed by atoms with van der Waals surface area (Å²) in [4.78, 5) is 10.5. The molecule has 0 spiro atoms. The second-order valence-electron chi connectivity index (χ2n) is 3.30. The summed E-state index contributed by atoms with van der Waals surface area (Å²) >= 11 is 1.75. The van der Waals surface area contributed by atoms with Crippen molar-refractivity contribution >= 4 is 23.8 Å². The molecule has 0 unspecified atom stereocenters. The van der Waals surface area contributed by atoms with Crippen LogP contribution in [0.1, 0.15) is 18.1 Å². The van der Waals surface area contributed by atoms with Crippen LogP contribution in [0.5, 0.6) is 0 Å². The first-order chi connectivity index (χ1) is 7.74. The van der Waals surface area contributed by atoms with Crippen LogP contribution < -0.4 is 0 Å². The summed E-state index contributed by atoms with van der Waals surface area (Å²) in [5.41, 5.74) is 2.44. The number of hydrogen-bond acceptors (Lipinski definition) is 3. The molecule has 0 aliphatic carbocycles. The predicted molar refractivity (Wildman–Crippen MR) is 69.3 cm³/mol. The summed E-state index contributed by atoms with van der Waals surface area (Å²) in [6, 6.07) is 8.17. The highest BCUT2D eigenvalue weighted by molar-refractivity contribution is 7.98. The van der Waals surface area contributed by atoms with Gasteiger partial charge in [0.05, 0.1) is 0 Å². The van der Waals surface area contributed by atoms with Gasteiger partial charge < -0.3 is 4.74 Å². The van der Waals surface area contributed by atoms with Gasteiger partial charge in [-0.2, -0.15) is 11.8 Å². The summed E-state index contributed by atoms with van der Waals surface area (Å²) < 4.78 is 4.86. The average Bonchev–Trinajstić information content (AvgIpc) is 2.29. The summed E-state index contributed by atoms with van der Waals surface area (Å²) in [5.74, 6) is 1.53. The maximum absolute atomic E-state index is 10.5. The molecule has 0 fully saturated rings. The highest BCUT2D eigenvalue weighted by Crippen LogP contribution is 2.17. The number of carbonyl (C=O) groups excluding carboxylic acids is 1. The van der Waals surface area contributed by atoms with Crippen LogP contribution in [0.2, 0.25) is 0 Å². The van der Waals surface area contributed by atoms with E-state index in [2.05, 4.69) is 18.7 Å². The first-order valence-electron chi connectivity index (χ1n) is 5.15. The topological polar surface area (TPSA) is 26.3 Å². The van der Waals surface area contributed by atoms with E-state index in [4.69, 9.17) is 4.74 Å². The van der Waals surface area contributed by atoms with Crippen LogP contribution in [0.4, 0.5) is 0 Å². The maximum atomic E-state index is 10.5. The molecule has 3 heteroatoms. The molecule has 2 nitrogen and oxygen atoms in total. The minimum absolute atomic E-state index is 0.216. The third-order valence-electron chi connectivity index (χ3n) is 2.07. The Labute approximate surface area is 101 Å². The molecule has 1 aromatic carbocycles. The van der Waals surface area contributed by atoms with Crippen LogP contribution in [0, 0.1) is 0 Å². The lowest BCUT2D eigenvalue weighted by Gasteiger charge is -2.05. The third-order valence-corrected chi connectivity index (χ3v) is 3.04. The van der Waals surface area contributed by atoms with Crippen molar-refractivity contribution in [1.29, 1.82) is 0 Å². The predicted octanol–water partition coefficient (Wildman–Crippen LogP) is 3.13. The Hall–Kier alpha value is -1.22. The monoisotopic (exact) mass is 236 g/mol. The van der Waals surface area contributed by atoms with E-state index in [1.54, 1.807) is 11.8 Å². The Morgan fingerprint density at radius 3 is 2.94 bits per heavy atom. The fraction of sp³-hybridized carbons (Fsp3) is 0.308. The van der Waals surface area contributed by atoms with E-state index in [0.29, 0.717) is 6.61 Å². The number of carbonyl (C=O) groups is 1. The van der Waals surface area contributed by atoms with Crippen molar-refractivity contribution in [1.82, 2.24) is 0 Å². The van der Waals surface area contributed by atoms with Gasteiger partial charge in [0.2, 0.25) is 0 Å². The Balaban J connectivity index is 2.31. The molecule has 1 rings (SSSR count). The molecule has 0 atom stereocenters. The standard InChI is InChI=1S/C13H16O2S/c1-3-12-6-4-5-7-13(12)10-16-9-8-15-11(2)14/h3-7H,1,8-10H2,2H3. The third kappa shape index (κ3) is 4.53. The van der Waals surface area contributed by atoms with E-state index < -0.39 is 0 Å². The van der Waals surface area contributed by atoms with Crippen LogP contribution in [0.25, 0.3) is 6.08 Å². The van der Waals surface area contributed by atoms with Gasteiger partial charge in [-0.25, -0.2) is 0 Å². The molecule has 86 valence electrons. The molecular formula is C13H16O2S. The van der Waals surface area contributed by atoms with E-state index in [0.717, 1.165) is 11.5 Å². The SMILES string of the molecule is C=Cc1ccccc1CSCCOC(C)=O. The number of thioether (sulfide) groups is 1. The summed E-state index contributed by atoms with van der Waals surface area (Å²) in [6.07, 6.45) is 1.86. The first kappa shape index (κ1) is 12.8. The van der Waals surface area contributed by atoms with Gasteiger partial charge in [-0.05, 0) is 11.1 Å². The second-order valence-corrected chi connectivity index (χ2v) is 4.40. The zero-order valence-electron chi connectivity index (χ0n) is 9.44. The van der Waals surface area contributed by atoms with Crippen molar-refractivity contribution < 1.29 is 9.53 Å². The highest BCUT2D eigenvalue weighted by Gasteiger charge is 1.99. The second kappa shape index (κ2) is 7.12. The van der Waals surface area contributed by atoms with Gasteiger partial charge in [-0.15, -0.1) is 0 Å². The number of esters is 1. The number of hydrogen-bond donors (Lipinski definition) is 0. The Kier molecular flexibility index (Phi) is 5.72. The number of rotatable bonds is 6. The van der Waals surface area contributed by atoms with Crippen molar-refractivity contribution in [2.75, 3.05) is 12.4 Å². The molecule has 0 saturated carbocycles. The maximum Gasteiger partial charge on any atom is 0.302 e. The van der Waals surface area contributed by atoms with Crippen molar-refractivity contribution in [2.24, 2.45) is 0 Å². The molecule has 0 amide bonds. The zero-order chi connectivity index (χ0) is 11.8. The van der Waals surface area contributed by atoms with E-state index in [-0.39, 0.29) is 5.97 Å². The highest BCUT2D eigenvalue weighted by atomic mass is 32.2. The molecule has 0 bridgehead atoms. The molecule has 0 N–H and O–H groups in total. The van der Waals surface area contributed by atoms with Gasteiger partial charge in [-0.3, -0.25) is 4.79 Å². The smallest absolute Gasteiger partial charge is 0.302 e. The van der Waals surface area contributed by atoms with Crippen molar-refractivity contribution in [2.45, 2.75) is 12.7 Å². The lowest BCUT2D eigenvalue weighted by molar-refractivity contribution is -0.140. The molecule has 1 aromatic rings. The lowest BCUT2D eigenvalue weighted by Crippen LogP contribution is -2.02. The molecule has 0 radical (unpaired) electrons. The molecule has 0 aliphatic heterocycles. The van der Waals surface area contributed by atoms with Gasteiger partial charge in [0.15, 0.2) is 0 Å². The number of benzene rings is 1. The van der Waals surface area contributed by atoms with Crippen molar-refractivity contribution in [3.05, 3.63) is 42.0 Å². The van der Waals surface area contributed by atoms with Crippen LogP contribution in [0.3, 0.4) is 0 Å². The van der Waals surface area contributed by atoms with Crippen LogP contribution in [0.15, 0.2) is 30.8 Å². The molecule has 0 aliphatic rings. The van der Waals surface area contributed by atoms with Crippen LogP contribution in [-0.2, 0) is 15.3 Å². The Morgan fingerprint density at radius 1 is 1.50 bits per heavy atom. The van der Waals surface area contributed by atoms with Gasteiger partial charge in [0, 0.05) is 18.4 Å². The van der Waals surface area contributed by atoms with Gasteiger partial charge >= 0.3 is 5.97 Å². The fourth-order valence-corrected chi connectivity index (χ4v) is 2.12. The quantitative estimate of drug-likeness (QED) is 0.560. The number of ether oxygens (including phenoxy) is 1. The molecule has 0 saturated heterocycles.